The van der Waals surface area contributed by atoms with Gasteiger partial charge in [-0.25, -0.2) is 9.18 Å². The van der Waals surface area contributed by atoms with Crippen molar-refractivity contribution >= 4 is 46.0 Å². The topological polar surface area (TPSA) is 96.6 Å². The standard InChI is InChI=1S/C30H22ClF4NO5/c1-3-18(37)8-7-16-5-4-6-17(10-16)28-19-9-15(2)22(31)13-26(19)41-29(40)20(28)11-27(39)36-24-14-25(38)23(32)12-21(24)30(33,34)35/h4-10,12-14,38H,3,11H2,1-2H3,(H,36,39)/b8-7+. The minimum Gasteiger partial charge on any atom is -0.505 e. The van der Waals surface area contributed by atoms with Crippen molar-refractivity contribution in [2.45, 2.75) is 32.9 Å². The van der Waals surface area contributed by atoms with Crippen LogP contribution in [0.3, 0.4) is 0 Å². The number of carbonyl (C=O) groups excluding carboxylic acids is 2. The van der Waals surface area contributed by atoms with E-state index < -0.39 is 46.9 Å². The van der Waals surface area contributed by atoms with Crippen LogP contribution in [0.25, 0.3) is 28.2 Å². The molecule has 0 atom stereocenters. The van der Waals surface area contributed by atoms with Crippen LogP contribution in [-0.4, -0.2) is 16.8 Å². The SMILES string of the molecule is CCC(=O)/C=C/c1cccc(-c2c(CC(=O)Nc3cc(O)c(F)cc3C(F)(F)F)c(=O)oc3cc(Cl)c(C)cc23)c1. The summed E-state index contributed by atoms with van der Waals surface area (Å²) in [6.07, 6.45) is -2.46. The zero-order valence-electron chi connectivity index (χ0n) is 21.7. The summed E-state index contributed by atoms with van der Waals surface area (Å²) < 4.78 is 59.6. The number of anilines is 1. The monoisotopic (exact) mass is 587 g/mol. The molecular weight excluding hydrogens is 566 g/mol. The highest BCUT2D eigenvalue weighted by molar-refractivity contribution is 6.32. The van der Waals surface area contributed by atoms with Crippen molar-refractivity contribution in [2.24, 2.45) is 0 Å². The maximum atomic E-state index is 13.7. The molecule has 212 valence electrons. The molecule has 0 aliphatic carbocycles. The number of benzene rings is 3. The molecule has 0 saturated heterocycles. The van der Waals surface area contributed by atoms with Crippen molar-refractivity contribution in [2.75, 3.05) is 5.32 Å². The van der Waals surface area contributed by atoms with Gasteiger partial charge in [0.25, 0.3) is 0 Å². The molecule has 0 saturated carbocycles. The first-order chi connectivity index (χ1) is 19.3. The Kier molecular flexibility index (Phi) is 8.34. The Hall–Kier alpha value is -4.44. The van der Waals surface area contributed by atoms with Gasteiger partial charge in [0.05, 0.1) is 23.2 Å². The highest BCUT2D eigenvalue weighted by atomic mass is 35.5. The molecular formula is C30H22ClF4NO5. The number of nitrogens with one attached hydrogen (secondary N) is 1. The lowest BCUT2D eigenvalue weighted by Gasteiger charge is -2.16. The molecule has 11 heteroatoms. The van der Waals surface area contributed by atoms with Crippen LogP contribution in [0.4, 0.5) is 23.2 Å². The number of halogens is 5. The van der Waals surface area contributed by atoms with Crippen molar-refractivity contribution < 1.29 is 36.7 Å². The van der Waals surface area contributed by atoms with E-state index in [0.717, 1.165) is 0 Å². The molecule has 1 amide bonds. The van der Waals surface area contributed by atoms with Crippen LogP contribution >= 0.6 is 11.6 Å². The molecule has 4 aromatic rings. The highest BCUT2D eigenvalue weighted by Crippen LogP contribution is 2.38. The zero-order chi connectivity index (χ0) is 30.1. The number of rotatable bonds is 7. The molecule has 41 heavy (non-hydrogen) atoms. The van der Waals surface area contributed by atoms with Gasteiger partial charge in [-0.3, -0.25) is 9.59 Å². The second-order valence-electron chi connectivity index (χ2n) is 9.19. The molecule has 0 aliphatic rings. The number of alkyl halides is 3. The van der Waals surface area contributed by atoms with E-state index >= 15 is 0 Å². The van der Waals surface area contributed by atoms with Gasteiger partial charge in [0, 0.05) is 34.5 Å². The van der Waals surface area contributed by atoms with Gasteiger partial charge in [-0.05, 0) is 47.9 Å². The van der Waals surface area contributed by atoms with Crippen molar-refractivity contribution in [3.8, 4) is 16.9 Å². The van der Waals surface area contributed by atoms with Crippen LogP contribution in [0, 0.1) is 12.7 Å². The second-order valence-corrected chi connectivity index (χ2v) is 9.60. The normalized spacial score (nSPS) is 11.8. The average Bonchev–Trinajstić information content (AvgIpc) is 2.90. The maximum Gasteiger partial charge on any atom is 0.418 e. The van der Waals surface area contributed by atoms with E-state index in [1.165, 1.54) is 12.1 Å². The van der Waals surface area contributed by atoms with Crippen LogP contribution in [0.15, 0.2) is 63.8 Å². The molecule has 0 unspecified atom stereocenters. The molecule has 1 aromatic heterocycles. The van der Waals surface area contributed by atoms with Gasteiger partial charge in [-0.2, -0.15) is 13.2 Å². The summed E-state index contributed by atoms with van der Waals surface area (Å²) in [5, 5.41) is 12.4. The van der Waals surface area contributed by atoms with Crippen LogP contribution in [0.5, 0.6) is 5.75 Å². The largest absolute Gasteiger partial charge is 0.505 e. The van der Waals surface area contributed by atoms with Crippen LogP contribution in [0.1, 0.15) is 35.6 Å². The minimum absolute atomic E-state index is 0.0651. The fourth-order valence-electron chi connectivity index (χ4n) is 4.22. The molecule has 6 nitrogen and oxygen atoms in total. The van der Waals surface area contributed by atoms with E-state index in [0.29, 0.717) is 39.6 Å². The van der Waals surface area contributed by atoms with Crippen LogP contribution in [-0.2, 0) is 22.2 Å². The third-order valence-corrected chi connectivity index (χ3v) is 6.68. The van der Waals surface area contributed by atoms with Gasteiger partial charge in [0.2, 0.25) is 5.91 Å². The van der Waals surface area contributed by atoms with Gasteiger partial charge >= 0.3 is 11.8 Å². The first-order valence-electron chi connectivity index (χ1n) is 12.2. The van der Waals surface area contributed by atoms with Crippen molar-refractivity contribution in [3.05, 3.63) is 98.1 Å². The zero-order valence-corrected chi connectivity index (χ0v) is 22.4. The fraction of sp³-hybridized carbons (Fsp3) is 0.167. The van der Waals surface area contributed by atoms with Gasteiger partial charge < -0.3 is 14.8 Å². The van der Waals surface area contributed by atoms with Gasteiger partial charge in [0.15, 0.2) is 17.3 Å². The van der Waals surface area contributed by atoms with Gasteiger partial charge in [-0.1, -0.05) is 42.8 Å². The summed E-state index contributed by atoms with van der Waals surface area (Å²) in [5.41, 5.74) is -1.38. The third kappa shape index (κ3) is 6.49. The number of aromatic hydroxyl groups is 1. The molecule has 2 N–H and O–H groups in total. The lowest BCUT2D eigenvalue weighted by atomic mass is 9.93. The van der Waals surface area contributed by atoms with Gasteiger partial charge in [-0.15, -0.1) is 0 Å². The van der Waals surface area contributed by atoms with E-state index in [2.05, 4.69) is 0 Å². The first kappa shape index (κ1) is 29.5. The molecule has 0 aliphatic heterocycles. The lowest BCUT2D eigenvalue weighted by molar-refractivity contribution is -0.137. The number of phenols is 1. The van der Waals surface area contributed by atoms with Crippen molar-refractivity contribution in [3.63, 3.8) is 0 Å². The molecule has 0 spiro atoms. The van der Waals surface area contributed by atoms with E-state index in [4.69, 9.17) is 16.0 Å². The second kappa shape index (κ2) is 11.6. The number of ketones is 1. The Morgan fingerprint density at radius 2 is 1.85 bits per heavy atom. The number of hydrogen-bond acceptors (Lipinski definition) is 5. The number of phenolic OH excluding ortho intramolecular Hbond substituents is 1. The van der Waals surface area contributed by atoms with E-state index in [1.807, 2.05) is 5.32 Å². The summed E-state index contributed by atoms with van der Waals surface area (Å²) in [4.78, 5) is 38.0. The summed E-state index contributed by atoms with van der Waals surface area (Å²) in [6, 6.07) is 10.4. The fourth-order valence-corrected chi connectivity index (χ4v) is 4.37. The first-order valence-corrected chi connectivity index (χ1v) is 12.6. The third-order valence-electron chi connectivity index (χ3n) is 6.27. The molecule has 0 radical (unpaired) electrons. The Morgan fingerprint density at radius 3 is 2.54 bits per heavy atom. The van der Waals surface area contributed by atoms with E-state index in [9.17, 15) is 37.1 Å². The number of aryl methyl sites for hydroxylation is 1. The van der Waals surface area contributed by atoms with Gasteiger partial charge in [0.1, 0.15) is 5.58 Å². The maximum absolute atomic E-state index is 13.7. The number of carbonyl (C=O) groups is 2. The summed E-state index contributed by atoms with van der Waals surface area (Å²) >= 11 is 6.23. The Bertz CT molecular complexity index is 1780. The summed E-state index contributed by atoms with van der Waals surface area (Å²) in [6.45, 7) is 3.44. The summed E-state index contributed by atoms with van der Waals surface area (Å²) in [7, 11) is 0. The van der Waals surface area contributed by atoms with E-state index in [-0.39, 0.29) is 28.6 Å². The molecule has 3 aromatic carbocycles. The average molecular weight is 588 g/mol. The van der Waals surface area contributed by atoms with Crippen molar-refractivity contribution in [1.82, 2.24) is 0 Å². The van der Waals surface area contributed by atoms with Crippen LogP contribution < -0.4 is 10.9 Å². The predicted octanol–water partition coefficient (Wildman–Crippen LogP) is 7.46. The quantitative estimate of drug-likeness (QED) is 0.133. The number of fused-ring (bicyclic) bond motifs is 1. The van der Waals surface area contributed by atoms with E-state index in [1.54, 1.807) is 50.3 Å². The number of amides is 1. The summed E-state index contributed by atoms with van der Waals surface area (Å²) in [5.74, 6) is -3.77. The number of allylic oxidation sites excluding steroid dienone is 1. The predicted molar refractivity (Wildman–Crippen MR) is 147 cm³/mol. The molecule has 1 heterocycles. The minimum atomic E-state index is -5.05. The highest BCUT2D eigenvalue weighted by Gasteiger charge is 2.35. The smallest absolute Gasteiger partial charge is 0.418 e. The van der Waals surface area contributed by atoms with Crippen molar-refractivity contribution in [1.29, 1.82) is 0 Å². The molecule has 4 rings (SSSR count). The molecule has 0 fully saturated rings. The Balaban J connectivity index is 1.85. The number of hydrogen-bond donors (Lipinski definition) is 2. The Labute approximate surface area is 235 Å². The Morgan fingerprint density at radius 1 is 1.12 bits per heavy atom. The molecule has 0 bridgehead atoms. The lowest BCUT2D eigenvalue weighted by Crippen LogP contribution is -2.22. The van der Waals surface area contributed by atoms with Crippen LogP contribution in [0.2, 0.25) is 5.02 Å².